The zero-order chi connectivity index (χ0) is 9.94. The molecule has 0 aromatic rings. The predicted octanol–water partition coefficient (Wildman–Crippen LogP) is 4.06. The van der Waals surface area contributed by atoms with Gasteiger partial charge in [0, 0.05) is 6.42 Å². The predicted molar refractivity (Wildman–Crippen MR) is 58.6 cm³/mol. The first-order chi connectivity index (χ1) is 6.35. The van der Waals surface area contributed by atoms with Gasteiger partial charge >= 0.3 is 0 Å². The van der Waals surface area contributed by atoms with E-state index in [0.29, 0.717) is 6.10 Å². The summed E-state index contributed by atoms with van der Waals surface area (Å²) in [6.45, 7) is 9.51. The Morgan fingerprint density at radius 2 is 2.00 bits per heavy atom. The quantitative estimate of drug-likeness (QED) is 0.297. The average Bonchev–Trinajstić information content (AvgIpc) is 2.13. The van der Waals surface area contributed by atoms with Crippen LogP contribution in [0.25, 0.3) is 0 Å². The summed E-state index contributed by atoms with van der Waals surface area (Å²) in [7, 11) is 0. The first-order valence-corrected chi connectivity index (χ1v) is 5.22. The van der Waals surface area contributed by atoms with Crippen LogP contribution in [-0.2, 0) is 4.74 Å². The van der Waals surface area contributed by atoms with Crippen molar-refractivity contribution in [2.75, 3.05) is 0 Å². The molecule has 1 nitrogen and oxygen atoms in total. The molecule has 0 aromatic carbocycles. The van der Waals surface area contributed by atoms with Gasteiger partial charge in [0.2, 0.25) is 0 Å². The molecule has 0 saturated heterocycles. The van der Waals surface area contributed by atoms with Crippen LogP contribution in [0.3, 0.4) is 0 Å². The maximum Gasteiger partial charge on any atom is 0.101 e. The highest BCUT2D eigenvalue weighted by Gasteiger charge is 2.04. The van der Waals surface area contributed by atoms with Crippen molar-refractivity contribution in [1.29, 1.82) is 0 Å². The van der Waals surface area contributed by atoms with Crippen LogP contribution in [0, 0.1) is 0 Å². The molecule has 1 heteroatoms. The highest BCUT2D eigenvalue weighted by atomic mass is 16.5. The molecular weight excluding hydrogens is 160 g/mol. The van der Waals surface area contributed by atoms with Crippen molar-refractivity contribution in [3.05, 3.63) is 25.5 Å². The van der Waals surface area contributed by atoms with E-state index in [9.17, 15) is 0 Å². The monoisotopic (exact) mass is 182 g/mol. The lowest BCUT2D eigenvalue weighted by atomic mass is 10.1. The first-order valence-electron chi connectivity index (χ1n) is 5.22. The lowest BCUT2D eigenvalue weighted by Crippen LogP contribution is -2.07. The summed E-state index contributed by atoms with van der Waals surface area (Å²) in [6, 6.07) is 0. The van der Waals surface area contributed by atoms with Gasteiger partial charge in [0.05, 0.1) is 6.26 Å². The van der Waals surface area contributed by atoms with Crippen LogP contribution in [0.5, 0.6) is 0 Å². The van der Waals surface area contributed by atoms with Gasteiger partial charge in [0.25, 0.3) is 0 Å². The minimum atomic E-state index is 0.298. The molecule has 1 unspecified atom stereocenters. The van der Waals surface area contributed by atoms with E-state index >= 15 is 0 Å². The van der Waals surface area contributed by atoms with Crippen LogP contribution < -0.4 is 0 Å². The third kappa shape index (κ3) is 7.63. The maximum absolute atomic E-state index is 5.36. The van der Waals surface area contributed by atoms with E-state index in [2.05, 4.69) is 20.1 Å². The Hall–Kier alpha value is -0.720. The Labute approximate surface area is 82.5 Å². The molecule has 0 N–H and O–H groups in total. The van der Waals surface area contributed by atoms with Gasteiger partial charge in [-0.05, 0) is 12.8 Å². The van der Waals surface area contributed by atoms with Gasteiger partial charge in [-0.3, -0.25) is 0 Å². The third-order valence-electron chi connectivity index (χ3n) is 2.10. The SMILES string of the molecule is C=CCC(CCCCCC)OC=C. The summed E-state index contributed by atoms with van der Waals surface area (Å²) in [5, 5.41) is 0. The molecule has 0 aliphatic rings. The topological polar surface area (TPSA) is 9.23 Å². The molecule has 0 aliphatic heterocycles. The second kappa shape index (κ2) is 9.37. The maximum atomic E-state index is 5.36. The molecule has 0 saturated carbocycles. The van der Waals surface area contributed by atoms with E-state index in [-0.39, 0.29) is 0 Å². The molecule has 13 heavy (non-hydrogen) atoms. The van der Waals surface area contributed by atoms with Gasteiger partial charge in [-0.1, -0.05) is 38.8 Å². The van der Waals surface area contributed by atoms with Crippen LogP contribution >= 0.6 is 0 Å². The summed E-state index contributed by atoms with van der Waals surface area (Å²) in [6.07, 6.45) is 11.0. The molecule has 0 amide bonds. The van der Waals surface area contributed by atoms with Gasteiger partial charge < -0.3 is 4.74 Å². The van der Waals surface area contributed by atoms with E-state index < -0.39 is 0 Å². The molecule has 0 bridgehead atoms. The lowest BCUT2D eigenvalue weighted by Gasteiger charge is -2.13. The van der Waals surface area contributed by atoms with Crippen molar-refractivity contribution >= 4 is 0 Å². The van der Waals surface area contributed by atoms with Crippen molar-refractivity contribution in [2.24, 2.45) is 0 Å². The fourth-order valence-electron chi connectivity index (χ4n) is 1.36. The molecule has 0 heterocycles. The van der Waals surface area contributed by atoms with Gasteiger partial charge in [0.15, 0.2) is 0 Å². The molecule has 0 radical (unpaired) electrons. The molecule has 76 valence electrons. The minimum Gasteiger partial charge on any atom is -0.498 e. The summed E-state index contributed by atoms with van der Waals surface area (Å²) in [5.74, 6) is 0. The van der Waals surface area contributed by atoms with Crippen LogP contribution in [0.15, 0.2) is 25.5 Å². The van der Waals surface area contributed by atoms with Crippen LogP contribution in [0.2, 0.25) is 0 Å². The zero-order valence-electron chi connectivity index (χ0n) is 8.80. The molecular formula is C12H22O. The van der Waals surface area contributed by atoms with E-state index in [1.165, 1.54) is 31.9 Å². The Kier molecular flexibility index (Phi) is 8.85. The van der Waals surface area contributed by atoms with E-state index in [0.717, 1.165) is 12.8 Å². The molecule has 0 spiro atoms. The Balaban J connectivity index is 3.43. The Morgan fingerprint density at radius 1 is 1.23 bits per heavy atom. The van der Waals surface area contributed by atoms with E-state index in [4.69, 9.17) is 4.74 Å². The number of ether oxygens (including phenoxy) is 1. The number of rotatable bonds is 9. The summed E-state index contributed by atoms with van der Waals surface area (Å²) in [5.41, 5.74) is 0. The van der Waals surface area contributed by atoms with Crippen molar-refractivity contribution in [2.45, 2.75) is 51.6 Å². The fourth-order valence-corrected chi connectivity index (χ4v) is 1.36. The summed E-state index contributed by atoms with van der Waals surface area (Å²) < 4.78 is 5.36. The zero-order valence-corrected chi connectivity index (χ0v) is 8.80. The summed E-state index contributed by atoms with van der Waals surface area (Å²) >= 11 is 0. The average molecular weight is 182 g/mol. The normalized spacial score (nSPS) is 12.1. The van der Waals surface area contributed by atoms with Gasteiger partial charge in [-0.2, -0.15) is 0 Å². The van der Waals surface area contributed by atoms with Crippen molar-refractivity contribution < 1.29 is 4.74 Å². The summed E-state index contributed by atoms with van der Waals surface area (Å²) in [4.78, 5) is 0. The molecule has 0 aromatic heterocycles. The number of unbranched alkanes of at least 4 members (excludes halogenated alkanes) is 3. The Morgan fingerprint density at radius 3 is 2.54 bits per heavy atom. The van der Waals surface area contributed by atoms with Crippen LogP contribution in [0.1, 0.15) is 45.4 Å². The van der Waals surface area contributed by atoms with E-state index in [1.54, 1.807) is 0 Å². The molecule has 0 rings (SSSR count). The van der Waals surface area contributed by atoms with Crippen molar-refractivity contribution in [3.8, 4) is 0 Å². The second-order valence-corrected chi connectivity index (χ2v) is 3.30. The highest BCUT2D eigenvalue weighted by molar-refractivity contribution is 4.75. The largest absolute Gasteiger partial charge is 0.498 e. The van der Waals surface area contributed by atoms with Crippen molar-refractivity contribution in [3.63, 3.8) is 0 Å². The smallest absolute Gasteiger partial charge is 0.101 e. The first kappa shape index (κ1) is 12.3. The van der Waals surface area contributed by atoms with Crippen molar-refractivity contribution in [1.82, 2.24) is 0 Å². The van der Waals surface area contributed by atoms with Gasteiger partial charge in [0.1, 0.15) is 6.10 Å². The molecule has 0 aliphatic carbocycles. The van der Waals surface area contributed by atoms with Crippen LogP contribution in [-0.4, -0.2) is 6.10 Å². The van der Waals surface area contributed by atoms with E-state index in [1.807, 2.05) is 6.08 Å². The highest BCUT2D eigenvalue weighted by Crippen LogP contribution is 2.11. The molecule has 0 fully saturated rings. The van der Waals surface area contributed by atoms with Gasteiger partial charge in [-0.25, -0.2) is 0 Å². The van der Waals surface area contributed by atoms with Crippen LogP contribution in [0.4, 0.5) is 0 Å². The molecule has 1 atom stereocenters. The standard InChI is InChI=1S/C12H22O/c1-4-7-8-9-11-12(10-5-2)13-6-3/h5-6,12H,2-4,7-11H2,1H3. The third-order valence-corrected chi connectivity index (χ3v) is 2.10. The Bertz CT molecular complexity index is 119. The van der Waals surface area contributed by atoms with Gasteiger partial charge in [-0.15, -0.1) is 6.58 Å². The second-order valence-electron chi connectivity index (χ2n) is 3.30. The number of hydrogen-bond donors (Lipinski definition) is 0. The number of hydrogen-bond acceptors (Lipinski definition) is 1. The fraction of sp³-hybridized carbons (Fsp3) is 0.667. The lowest BCUT2D eigenvalue weighted by molar-refractivity contribution is 0.136. The minimum absolute atomic E-state index is 0.298.